The Labute approximate surface area is 293 Å². The van der Waals surface area contributed by atoms with Crippen LogP contribution in [0.3, 0.4) is 0 Å². The molecule has 0 N–H and O–H groups in total. The SMILES string of the molecule is COCO[C@@H]([C@@H](C)/C=C\[C@H](C[C@@H]1O[C@@H](O[Si](C)(C)C(C)(C)C)[C@H](C)[C@@H](O[Si](C)(C)C(C)(C)C)[C@H]1C)OCOC)[C@@H](C)/C=C(/C)I. The summed E-state index contributed by atoms with van der Waals surface area (Å²) in [7, 11) is -0.856. The Morgan fingerprint density at radius 1 is 0.800 bits per heavy atom. The molecular formula is C35H69IO7Si2. The summed E-state index contributed by atoms with van der Waals surface area (Å²) in [6, 6.07) is 0. The average Bonchev–Trinajstić information content (AvgIpc) is 2.89. The number of ether oxygens (including phenoxy) is 5. The molecule has 0 radical (unpaired) electrons. The van der Waals surface area contributed by atoms with E-state index < -0.39 is 16.6 Å². The molecule has 0 aromatic carbocycles. The molecule has 0 saturated carbocycles. The van der Waals surface area contributed by atoms with Gasteiger partial charge in [0, 0.05) is 44.3 Å². The lowest BCUT2D eigenvalue weighted by atomic mass is 9.83. The lowest BCUT2D eigenvalue weighted by Gasteiger charge is -2.51. The van der Waals surface area contributed by atoms with Crippen molar-refractivity contribution in [2.45, 2.75) is 150 Å². The molecule has 10 heteroatoms. The van der Waals surface area contributed by atoms with Gasteiger partial charge in [-0.2, -0.15) is 0 Å². The molecule has 9 atom stereocenters. The summed E-state index contributed by atoms with van der Waals surface area (Å²) in [6.07, 6.45) is 6.58. The fourth-order valence-corrected chi connectivity index (χ4v) is 8.49. The Hall–Kier alpha value is 0.364. The fourth-order valence-electron chi connectivity index (χ4n) is 5.25. The van der Waals surface area contributed by atoms with Crippen LogP contribution >= 0.6 is 22.6 Å². The summed E-state index contributed by atoms with van der Waals surface area (Å²) in [5.74, 6) is 0.606. The second kappa shape index (κ2) is 18.4. The Kier molecular flexibility index (Phi) is 17.7. The van der Waals surface area contributed by atoms with Gasteiger partial charge >= 0.3 is 0 Å². The Morgan fingerprint density at radius 2 is 1.31 bits per heavy atom. The van der Waals surface area contributed by atoms with E-state index in [-0.39, 0.29) is 78.0 Å². The fraction of sp³-hybridized carbons (Fsp3) is 0.886. The number of methoxy groups -OCH3 is 2. The monoisotopic (exact) mass is 784 g/mol. The molecular weight excluding hydrogens is 715 g/mol. The van der Waals surface area contributed by atoms with Crippen LogP contribution in [0.2, 0.25) is 36.3 Å². The van der Waals surface area contributed by atoms with Gasteiger partial charge in [0.1, 0.15) is 13.6 Å². The van der Waals surface area contributed by atoms with Crippen molar-refractivity contribution in [2.75, 3.05) is 27.8 Å². The minimum atomic E-state index is -2.11. The molecule has 0 bridgehead atoms. The van der Waals surface area contributed by atoms with Crippen LogP contribution in [0.5, 0.6) is 0 Å². The Bertz CT molecular complexity index is 924. The molecule has 1 aliphatic rings. The molecule has 1 fully saturated rings. The molecule has 1 rings (SSSR count). The predicted octanol–water partition coefficient (Wildman–Crippen LogP) is 9.93. The number of hydrogen-bond donors (Lipinski definition) is 0. The van der Waals surface area contributed by atoms with E-state index in [0.717, 1.165) is 0 Å². The molecule has 1 aliphatic heterocycles. The summed E-state index contributed by atoms with van der Waals surface area (Å²) < 4.78 is 45.4. The Balaban J connectivity index is 3.42. The van der Waals surface area contributed by atoms with Crippen LogP contribution in [0, 0.1) is 23.7 Å². The predicted molar refractivity (Wildman–Crippen MR) is 201 cm³/mol. The molecule has 1 saturated heterocycles. The summed E-state index contributed by atoms with van der Waals surface area (Å²) >= 11 is 2.35. The number of halogens is 1. The van der Waals surface area contributed by atoms with Gasteiger partial charge in [-0.3, -0.25) is 0 Å². The first-order valence-electron chi connectivity index (χ1n) is 16.7. The summed E-state index contributed by atoms with van der Waals surface area (Å²) in [5.41, 5.74) is 0. The highest BCUT2D eigenvalue weighted by Crippen LogP contribution is 2.45. The first kappa shape index (κ1) is 43.4. The first-order valence-corrected chi connectivity index (χ1v) is 23.6. The zero-order chi connectivity index (χ0) is 35.0. The van der Waals surface area contributed by atoms with E-state index in [1.165, 1.54) is 3.58 Å². The van der Waals surface area contributed by atoms with Crippen molar-refractivity contribution in [3.05, 3.63) is 21.8 Å². The van der Waals surface area contributed by atoms with E-state index in [0.29, 0.717) is 6.42 Å². The van der Waals surface area contributed by atoms with Gasteiger partial charge in [-0.05, 0) is 69.4 Å². The molecule has 0 unspecified atom stereocenters. The van der Waals surface area contributed by atoms with Gasteiger partial charge in [0.2, 0.25) is 0 Å². The maximum Gasteiger partial charge on any atom is 0.195 e. The van der Waals surface area contributed by atoms with Crippen LogP contribution in [0.1, 0.15) is 82.6 Å². The molecule has 266 valence electrons. The van der Waals surface area contributed by atoms with Gasteiger partial charge in [0.05, 0.1) is 24.4 Å². The maximum absolute atomic E-state index is 7.19. The first-order chi connectivity index (χ1) is 20.5. The Morgan fingerprint density at radius 3 is 1.80 bits per heavy atom. The number of hydrogen-bond acceptors (Lipinski definition) is 7. The highest BCUT2D eigenvalue weighted by atomic mass is 127. The molecule has 0 aromatic heterocycles. The van der Waals surface area contributed by atoms with Gasteiger partial charge in [-0.25, -0.2) is 0 Å². The summed E-state index contributed by atoms with van der Waals surface area (Å²) in [5, 5.41) is 0.166. The van der Waals surface area contributed by atoms with Crippen molar-refractivity contribution >= 4 is 39.2 Å². The zero-order valence-corrected chi connectivity index (χ0v) is 35.9. The third-order valence-electron chi connectivity index (χ3n) is 10.2. The minimum Gasteiger partial charge on any atom is -0.413 e. The minimum absolute atomic E-state index is 0.0152. The van der Waals surface area contributed by atoms with Crippen LogP contribution in [0.25, 0.3) is 0 Å². The van der Waals surface area contributed by atoms with Gasteiger partial charge in [-0.1, -0.05) is 87.5 Å². The maximum atomic E-state index is 7.19. The topological polar surface area (TPSA) is 64.6 Å². The van der Waals surface area contributed by atoms with Crippen molar-refractivity contribution in [1.29, 1.82) is 0 Å². The molecule has 7 nitrogen and oxygen atoms in total. The summed E-state index contributed by atoms with van der Waals surface area (Å²) in [6.45, 7) is 34.5. The largest absolute Gasteiger partial charge is 0.413 e. The second-order valence-electron chi connectivity index (χ2n) is 16.2. The van der Waals surface area contributed by atoms with E-state index in [9.17, 15) is 0 Å². The third kappa shape index (κ3) is 13.3. The smallest absolute Gasteiger partial charge is 0.195 e. The molecule has 0 aliphatic carbocycles. The highest BCUT2D eigenvalue weighted by Gasteiger charge is 2.50. The van der Waals surface area contributed by atoms with E-state index in [4.69, 9.17) is 32.5 Å². The van der Waals surface area contributed by atoms with Gasteiger partial charge in [-0.15, -0.1) is 0 Å². The molecule has 0 aromatic rings. The molecule has 45 heavy (non-hydrogen) atoms. The van der Waals surface area contributed by atoms with Crippen LogP contribution in [0.4, 0.5) is 0 Å². The van der Waals surface area contributed by atoms with Crippen molar-refractivity contribution < 1.29 is 32.5 Å². The quantitative estimate of drug-likeness (QED) is 0.0630. The van der Waals surface area contributed by atoms with Gasteiger partial charge < -0.3 is 32.5 Å². The van der Waals surface area contributed by atoms with Crippen molar-refractivity contribution in [3.63, 3.8) is 0 Å². The van der Waals surface area contributed by atoms with Gasteiger partial charge in [0.15, 0.2) is 22.9 Å². The van der Waals surface area contributed by atoms with Crippen LogP contribution in [0.15, 0.2) is 21.8 Å². The van der Waals surface area contributed by atoms with Gasteiger partial charge in [0.25, 0.3) is 0 Å². The molecule has 0 amide bonds. The lowest BCUT2D eigenvalue weighted by Crippen LogP contribution is -2.58. The standard InChI is InChI=1S/C35H69IO7Si2/c1-24(31(40-23-38-13)25(2)20-26(3)36)18-19-29(39-22-37-12)21-30-27(4)32(42-44(14,15)34(6,7)8)28(5)33(41-30)43-45(16,17)35(9,10)11/h18-20,24-25,27-33H,21-23H2,1-17H3/b19-18-,26-20-/t24-,25-,27-,28+,29+,30-,31-,32-,33-/m0/s1. The zero-order valence-electron chi connectivity index (χ0n) is 31.8. The molecule has 1 heterocycles. The normalized spacial score (nSPS) is 27.1. The van der Waals surface area contributed by atoms with Crippen molar-refractivity contribution in [2.24, 2.45) is 23.7 Å². The van der Waals surface area contributed by atoms with Crippen LogP contribution < -0.4 is 0 Å². The van der Waals surface area contributed by atoms with Crippen LogP contribution in [-0.4, -0.2) is 75.1 Å². The lowest BCUT2D eigenvalue weighted by molar-refractivity contribution is -0.237. The van der Waals surface area contributed by atoms with E-state index in [1.54, 1.807) is 14.2 Å². The average molecular weight is 785 g/mol. The van der Waals surface area contributed by atoms with Crippen LogP contribution in [-0.2, 0) is 32.5 Å². The summed E-state index contributed by atoms with van der Waals surface area (Å²) in [4.78, 5) is 0. The van der Waals surface area contributed by atoms with E-state index in [1.807, 2.05) is 0 Å². The van der Waals surface area contributed by atoms with Crippen molar-refractivity contribution in [1.82, 2.24) is 0 Å². The highest BCUT2D eigenvalue weighted by molar-refractivity contribution is 14.1. The molecule has 0 spiro atoms. The van der Waals surface area contributed by atoms with Crippen molar-refractivity contribution in [3.8, 4) is 0 Å². The number of rotatable bonds is 17. The second-order valence-corrected chi connectivity index (χ2v) is 27.4. The number of allylic oxidation sites excluding steroid dienone is 1. The van der Waals surface area contributed by atoms with E-state index >= 15 is 0 Å². The van der Waals surface area contributed by atoms with E-state index in [2.05, 4.69) is 143 Å². The third-order valence-corrected chi connectivity index (χ3v) is 19.5.